The van der Waals surface area contributed by atoms with Crippen LogP contribution in [0.5, 0.6) is 0 Å². The summed E-state index contributed by atoms with van der Waals surface area (Å²) in [5, 5.41) is 10.8. The molecule has 144 valence electrons. The van der Waals surface area contributed by atoms with E-state index in [-0.39, 0.29) is 5.78 Å². The number of hydrogen-bond acceptors (Lipinski definition) is 5. The molecule has 1 fully saturated rings. The van der Waals surface area contributed by atoms with Crippen LogP contribution in [0.4, 0.5) is 0 Å². The average Bonchev–Trinajstić information content (AvgIpc) is 2.73. The second-order valence-corrected chi connectivity index (χ2v) is 6.86. The number of carbonyl (C=O) groups is 1. The van der Waals surface area contributed by atoms with Crippen LogP contribution in [0.1, 0.15) is 27.0 Å². The molecule has 0 saturated carbocycles. The molecule has 0 aliphatic carbocycles. The van der Waals surface area contributed by atoms with Crippen LogP contribution in [0.15, 0.2) is 60.7 Å². The summed E-state index contributed by atoms with van der Waals surface area (Å²) in [4.78, 5) is 25.4. The highest BCUT2D eigenvalue weighted by Crippen LogP contribution is 2.16. The van der Waals surface area contributed by atoms with Crippen LogP contribution in [0.3, 0.4) is 0 Å². The van der Waals surface area contributed by atoms with Crippen molar-refractivity contribution in [3.63, 3.8) is 0 Å². The Balaban J connectivity index is 1.70. The number of allylic oxidation sites excluding steroid dienone is 2. The summed E-state index contributed by atoms with van der Waals surface area (Å²) in [7, 11) is 0. The Morgan fingerprint density at radius 2 is 1.86 bits per heavy atom. The van der Waals surface area contributed by atoms with Gasteiger partial charge in [0.1, 0.15) is 5.94 Å². The Morgan fingerprint density at radius 1 is 1.07 bits per heavy atom. The lowest BCUT2D eigenvalue weighted by molar-refractivity contribution is -0.118. The van der Waals surface area contributed by atoms with Crippen LogP contribution in [0.2, 0.25) is 0 Å². The molecular weight excluding hydrogens is 352 g/mol. The number of piperazine rings is 1. The fourth-order valence-electron chi connectivity index (χ4n) is 3.28. The number of rotatable bonds is 7. The first-order chi connectivity index (χ1) is 13.7. The van der Waals surface area contributed by atoms with E-state index < -0.39 is 0 Å². The molecule has 1 saturated heterocycles. The lowest BCUT2D eigenvalue weighted by Gasteiger charge is -2.31. The summed E-state index contributed by atoms with van der Waals surface area (Å²) in [6, 6.07) is 15.4. The molecule has 5 nitrogen and oxygen atoms in total. The first-order valence-electron chi connectivity index (χ1n) is 9.40. The SMILES string of the molecule is O=C=CCc1cccc(/C=C/C(=O)c2ccccc2CN2CCN(O)CC2)c1. The van der Waals surface area contributed by atoms with Crippen LogP contribution < -0.4 is 0 Å². The summed E-state index contributed by atoms with van der Waals surface area (Å²) in [6.07, 6.45) is 5.38. The molecule has 1 aliphatic rings. The van der Waals surface area contributed by atoms with Gasteiger partial charge in [-0.2, -0.15) is 5.06 Å². The number of ketones is 1. The molecule has 0 atom stereocenters. The quantitative estimate of drug-likeness (QED) is 0.457. The molecule has 0 spiro atoms. The fourth-order valence-corrected chi connectivity index (χ4v) is 3.28. The van der Waals surface area contributed by atoms with Gasteiger partial charge in [0.25, 0.3) is 0 Å². The van der Waals surface area contributed by atoms with Gasteiger partial charge in [-0.3, -0.25) is 9.69 Å². The van der Waals surface area contributed by atoms with E-state index in [9.17, 15) is 14.8 Å². The predicted octanol–water partition coefficient (Wildman–Crippen LogP) is 3.02. The molecule has 0 amide bonds. The minimum Gasteiger partial charge on any atom is -0.314 e. The van der Waals surface area contributed by atoms with Gasteiger partial charge in [-0.25, -0.2) is 4.79 Å². The van der Waals surface area contributed by atoms with Gasteiger partial charge in [-0.1, -0.05) is 54.6 Å². The predicted molar refractivity (Wildman–Crippen MR) is 109 cm³/mol. The van der Waals surface area contributed by atoms with Crippen LogP contribution in [0.25, 0.3) is 6.08 Å². The Morgan fingerprint density at radius 3 is 2.64 bits per heavy atom. The average molecular weight is 376 g/mol. The summed E-state index contributed by atoms with van der Waals surface area (Å²) in [6.45, 7) is 3.47. The lowest BCUT2D eigenvalue weighted by atomic mass is 10.0. The number of hydroxylamine groups is 2. The van der Waals surface area contributed by atoms with E-state index in [4.69, 9.17) is 0 Å². The first kappa shape index (κ1) is 19.9. The zero-order chi connectivity index (χ0) is 19.8. The van der Waals surface area contributed by atoms with Gasteiger partial charge in [0.2, 0.25) is 0 Å². The topological polar surface area (TPSA) is 60.9 Å². The zero-order valence-electron chi connectivity index (χ0n) is 15.8. The molecule has 5 heteroatoms. The number of hydrogen-bond donors (Lipinski definition) is 1. The van der Waals surface area contributed by atoms with E-state index in [0.717, 1.165) is 29.8 Å². The van der Waals surface area contributed by atoms with Crippen molar-refractivity contribution < 1.29 is 14.8 Å². The first-order valence-corrected chi connectivity index (χ1v) is 9.40. The largest absolute Gasteiger partial charge is 0.314 e. The number of benzene rings is 2. The molecule has 2 aromatic carbocycles. The highest BCUT2D eigenvalue weighted by molar-refractivity contribution is 6.07. The second kappa shape index (κ2) is 9.93. The lowest BCUT2D eigenvalue weighted by Crippen LogP contribution is -2.44. The minimum atomic E-state index is -0.0328. The van der Waals surface area contributed by atoms with E-state index in [0.29, 0.717) is 31.6 Å². The van der Waals surface area contributed by atoms with Crippen LogP contribution in [-0.2, 0) is 17.8 Å². The third-order valence-corrected chi connectivity index (χ3v) is 4.82. The summed E-state index contributed by atoms with van der Waals surface area (Å²) < 4.78 is 0. The maximum atomic E-state index is 12.8. The maximum absolute atomic E-state index is 12.8. The van der Waals surface area contributed by atoms with Gasteiger partial charge in [0.05, 0.1) is 0 Å². The Hall–Kier alpha value is -2.82. The third kappa shape index (κ3) is 5.59. The maximum Gasteiger partial charge on any atom is 0.186 e. The second-order valence-electron chi connectivity index (χ2n) is 6.86. The Bertz CT molecular complexity index is 892. The number of nitrogens with zero attached hydrogens (tertiary/aromatic N) is 2. The van der Waals surface area contributed by atoms with Gasteiger partial charge in [-0.05, 0) is 22.8 Å². The Labute approximate surface area is 165 Å². The van der Waals surface area contributed by atoms with E-state index in [1.165, 1.54) is 11.1 Å². The van der Waals surface area contributed by atoms with Crippen LogP contribution in [-0.4, -0.2) is 53.1 Å². The van der Waals surface area contributed by atoms with Crippen molar-refractivity contribution in [2.75, 3.05) is 26.2 Å². The van der Waals surface area contributed by atoms with Crippen molar-refractivity contribution in [2.45, 2.75) is 13.0 Å². The molecule has 28 heavy (non-hydrogen) atoms. The van der Waals surface area contributed by atoms with Crippen LogP contribution in [0, 0.1) is 0 Å². The van der Waals surface area contributed by atoms with Gasteiger partial charge < -0.3 is 5.21 Å². The number of carbonyl (C=O) groups excluding carboxylic acids is 2. The molecular formula is C23H24N2O3. The summed E-state index contributed by atoms with van der Waals surface area (Å²) in [5.41, 5.74) is 3.61. The normalized spacial score (nSPS) is 15.5. The molecule has 1 heterocycles. The van der Waals surface area contributed by atoms with Gasteiger partial charge >= 0.3 is 0 Å². The fraction of sp³-hybridized carbons (Fsp3) is 0.261. The van der Waals surface area contributed by atoms with Crippen molar-refractivity contribution in [1.29, 1.82) is 0 Å². The van der Waals surface area contributed by atoms with E-state index in [2.05, 4.69) is 4.90 Å². The van der Waals surface area contributed by atoms with E-state index in [1.54, 1.807) is 18.1 Å². The molecule has 1 aliphatic heterocycles. The minimum absolute atomic E-state index is 0.0328. The molecule has 0 unspecified atom stereocenters. The molecule has 0 aromatic heterocycles. The van der Waals surface area contributed by atoms with Gasteiger partial charge in [0, 0.05) is 50.8 Å². The summed E-state index contributed by atoms with van der Waals surface area (Å²) >= 11 is 0. The van der Waals surface area contributed by atoms with Crippen molar-refractivity contribution in [3.8, 4) is 0 Å². The van der Waals surface area contributed by atoms with Crippen LogP contribution >= 0.6 is 0 Å². The van der Waals surface area contributed by atoms with Crippen molar-refractivity contribution >= 4 is 17.8 Å². The smallest absolute Gasteiger partial charge is 0.186 e. The van der Waals surface area contributed by atoms with Gasteiger partial charge in [0.15, 0.2) is 5.78 Å². The van der Waals surface area contributed by atoms with E-state index >= 15 is 0 Å². The monoisotopic (exact) mass is 376 g/mol. The van der Waals surface area contributed by atoms with Crippen molar-refractivity contribution in [1.82, 2.24) is 9.96 Å². The van der Waals surface area contributed by atoms with Crippen molar-refractivity contribution in [2.24, 2.45) is 0 Å². The molecule has 0 radical (unpaired) electrons. The molecule has 3 rings (SSSR count). The molecule has 0 bridgehead atoms. The molecule has 2 aromatic rings. The van der Waals surface area contributed by atoms with Crippen molar-refractivity contribution in [3.05, 3.63) is 82.9 Å². The van der Waals surface area contributed by atoms with E-state index in [1.807, 2.05) is 48.5 Å². The highest BCUT2D eigenvalue weighted by Gasteiger charge is 2.17. The third-order valence-electron chi connectivity index (χ3n) is 4.82. The highest BCUT2D eigenvalue weighted by atomic mass is 16.5. The standard InChI is InChI=1S/C23H24N2O3/c26-16-4-7-19-5-3-6-20(17-19)10-11-23(27)22-9-2-1-8-21(22)18-24-12-14-25(28)15-13-24/h1-6,8-11,17,28H,7,12-15,18H2/b11-10+. The zero-order valence-corrected chi connectivity index (χ0v) is 15.8. The van der Waals surface area contributed by atoms with Gasteiger partial charge in [-0.15, -0.1) is 0 Å². The Kier molecular flexibility index (Phi) is 7.06. The molecule has 1 N–H and O–H groups in total. The summed E-state index contributed by atoms with van der Waals surface area (Å²) in [5.74, 6) is 1.75.